The van der Waals surface area contributed by atoms with Crippen LogP contribution in [0.15, 0.2) is 72.8 Å². The number of rotatable bonds is 9. The van der Waals surface area contributed by atoms with E-state index in [4.69, 9.17) is 21.4 Å². The van der Waals surface area contributed by atoms with Gasteiger partial charge in [0.05, 0.1) is 6.61 Å². The van der Waals surface area contributed by atoms with E-state index in [9.17, 15) is 4.79 Å². The summed E-state index contributed by atoms with van der Waals surface area (Å²) >= 11 is 5.92. The van der Waals surface area contributed by atoms with Gasteiger partial charge in [-0.3, -0.25) is 9.69 Å². The van der Waals surface area contributed by atoms with Gasteiger partial charge in [0.1, 0.15) is 11.5 Å². The molecule has 6 nitrogen and oxygen atoms in total. The third-order valence-electron chi connectivity index (χ3n) is 5.88. The molecule has 1 amide bonds. The van der Waals surface area contributed by atoms with E-state index in [2.05, 4.69) is 27.7 Å². The summed E-state index contributed by atoms with van der Waals surface area (Å²) in [6.45, 7) is 3.13. The third kappa shape index (κ3) is 6.97. The molecular weight excluding hydrogens is 450 g/mol. The maximum atomic E-state index is 12.0. The Labute approximate surface area is 205 Å². The van der Waals surface area contributed by atoms with Crippen LogP contribution in [0, 0.1) is 0 Å². The van der Waals surface area contributed by atoms with Crippen molar-refractivity contribution in [2.45, 2.75) is 25.4 Å². The van der Waals surface area contributed by atoms with E-state index >= 15 is 0 Å². The molecular formula is C27H30ClN3O3. The molecule has 3 aromatic rings. The van der Waals surface area contributed by atoms with E-state index in [0.717, 1.165) is 49.7 Å². The quantitative estimate of drug-likeness (QED) is 0.406. The highest BCUT2D eigenvalue weighted by atomic mass is 35.5. The molecule has 1 saturated heterocycles. The highest BCUT2D eigenvalue weighted by Gasteiger charge is 2.19. The molecule has 0 aromatic heterocycles. The van der Waals surface area contributed by atoms with Gasteiger partial charge < -0.3 is 20.5 Å². The van der Waals surface area contributed by atoms with Gasteiger partial charge in [-0.2, -0.15) is 0 Å². The number of carbonyl (C=O) groups is 1. The average molecular weight is 480 g/mol. The number of hydrogen-bond acceptors (Lipinski definition) is 5. The number of piperidine rings is 1. The van der Waals surface area contributed by atoms with Crippen LogP contribution in [0.3, 0.4) is 0 Å². The number of hydrogen-bond donors (Lipinski definition) is 3. The molecule has 7 heteroatoms. The summed E-state index contributed by atoms with van der Waals surface area (Å²) in [6, 6.07) is 23.5. The molecule has 3 aromatic carbocycles. The van der Waals surface area contributed by atoms with Gasteiger partial charge in [-0.05, 0) is 79.1 Å². The number of nitrogens with zero attached hydrogens (tertiary/aromatic N) is 1. The largest absolute Gasteiger partial charge is 0.457 e. The van der Waals surface area contributed by atoms with Crippen LogP contribution in [-0.4, -0.2) is 48.2 Å². The molecule has 0 spiro atoms. The van der Waals surface area contributed by atoms with Crippen LogP contribution in [0.5, 0.6) is 11.5 Å². The van der Waals surface area contributed by atoms with Gasteiger partial charge in [0.25, 0.3) is 5.91 Å². The fourth-order valence-electron chi connectivity index (χ4n) is 4.02. The number of aliphatic hydroxyl groups is 1. The molecule has 1 aliphatic heterocycles. The zero-order valence-electron chi connectivity index (χ0n) is 19.0. The second-order valence-corrected chi connectivity index (χ2v) is 8.89. The molecule has 0 bridgehead atoms. The maximum absolute atomic E-state index is 12.0. The molecule has 0 aliphatic carbocycles. The molecule has 34 heavy (non-hydrogen) atoms. The number of aliphatic hydroxyl groups excluding tert-OH is 1. The summed E-state index contributed by atoms with van der Waals surface area (Å²) in [7, 11) is 0. The number of anilines is 1. The first-order chi connectivity index (χ1) is 16.6. The number of nitrogens with one attached hydrogen (secondary N) is 2. The highest BCUT2D eigenvalue weighted by molar-refractivity contribution is 6.30. The van der Waals surface area contributed by atoms with Crippen molar-refractivity contribution >= 4 is 23.2 Å². The molecule has 0 radical (unpaired) electrons. The van der Waals surface area contributed by atoms with Gasteiger partial charge in [0.15, 0.2) is 0 Å². The zero-order chi connectivity index (χ0) is 23.8. The highest BCUT2D eigenvalue weighted by Crippen LogP contribution is 2.25. The van der Waals surface area contributed by atoms with Crippen LogP contribution in [0.4, 0.5) is 5.69 Å². The van der Waals surface area contributed by atoms with Crippen LogP contribution in [0.2, 0.25) is 5.02 Å². The molecule has 0 atom stereocenters. The van der Waals surface area contributed by atoms with E-state index in [-0.39, 0.29) is 19.1 Å². The first-order valence-electron chi connectivity index (χ1n) is 11.6. The fraction of sp³-hybridized carbons (Fsp3) is 0.296. The van der Waals surface area contributed by atoms with Crippen molar-refractivity contribution in [3.8, 4) is 11.5 Å². The average Bonchev–Trinajstić information content (AvgIpc) is 2.87. The Kier molecular flexibility index (Phi) is 8.41. The Morgan fingerprint density at radius 2 is 1.56 bits per heavy atom. The summed E-state index contributed by atoms with van der Waals surface area (Å²) in [5, 5.41) is 15.8. The van der Waals surface area contributed by atoms with Gasteiger partial charge in [-0.15, -0.1) is 0 Å². The van der Waals surface area contributed by atoms with Crippen LogP contribution in [-0.2, 0) is 6.54 Å². The molecule has 0 unspecified atom stereocenters. The van der Waals surface area contributed by atoms with Crippen molar-refractivity contribution in [2.24, 2.45) is 0 Å². The van der Waals surface area contributed by atoms with E-state index in [1.54, 1.807) is 0 Å². The van der Waals surface area contributed by atoms with Crippen LogP contribution >= 0.6 is 11.6 Å². The van der Waals surface area contributed by atoms with Gasteiger partial charge in [-0.25, -0.2) is 0 Å². The van der Waals surface area contributed by atoms with Gasteiger partial charge >= 0.3 is 0 Å². The minimum atomic E-state index is -0.155. The Balaban J connectivity index is 1.21. The SMILES string of the molecule is O=C(NCCO)c1ccc(CN2CCC(Nc3ccc(Oc4ccc(Cl)cc4)cc3)CC2)cc1. The van der Waals surface area contributed by atoms with E-state index in [1.165, 1.54) is 5.56 Å². The summed E-state index contributed by atoms with van der Waals surface area (Å²) < 4.78 is 5.86. The summed E-state index contributed by atoms with van der Waals surface area (Å²) in [6.07, 6.45) is 2.15. The fourth-order valence-corrected chi connectivity index (χ4v) is 4.15. The van der Waals surface area contributed by atoms with Crippen molar-refractivity contribution in [2.75, 3.05) is 31.6 Å². The summed E-state index contributed by atoms with van der Waals surface area (Å²) in [4.78, 5) is 14.4. The lowest BCUT2D eigenvalue weighted by Gasteiger charge is -2.33. The topological polar surface area (TPSA) is 73.8 Å². The van der Waals surface area contributed by atoms with Crippen molar-refractivity contribution in [3.05, 3.63) is 88.9 Å². The lowest BCUT2D eigenvalue weighted by Crippen LogP contribution is -2.38. The summed E-state index contributed by atoms with van der Waals surface area (Å²) in [5.41, 5.74) is 2.91. The standard InChI is InChI=1S/C27H30ClN3O3/c28-22-5-9-25(10-6-22)34-26-11-7-23(8-12-26)30-24-13-16-31(17-14-24)19-20-1-3-21(4-2-20)27(33)29-15-18-32/h1-12,24,30,32H,13-19H2,(H,29,33). The first kappa shape index (κ1) is 24.1. The van der Waals surface area contributed by atoms with Crippen molar-refractivity contribution < 1.29 is 14.6 Å². The van der Waals surface area contributed by atoms with Gasteiger partial charge in [0, 0.05) is 48.5 Å². The number of halogens is 1. The molecule has 0 saturated carbocycles. The predicted molar refractivity (Wildman–Crippen MR) is 136 cm³/mol. The third-order valence-corrected chi connectivity index (χ3v) is 6.13. The van der Waals surface area contributed by atoms with Crippen LogP contribution in [0.25, 0.3) is 0 Å². The lowest BCUT2D eigenvalue weighted by molar-refractivity contribution is 0.0944. The first-order valence-corrected chi connectivity index (χ1v) is 12.0. The number of benzene rings is 3. The molecule has 1 fully saturated rings. The molecule has 3 N–H and O–H groups in total. The molecule has 1 aliphatic rings. The van der Waals surface area contributed by atoms with E-state index in [0.29, 0.717) is 16.6 Å². The smallest absolute Gasteiger partial charge is 0.251 e. The Morgan fingerprint density at radius 1 is 0.941 bits per heavy atom. The maximum Gasteiger partial charge on any atom is 0.251 e. The predicted octanol–water partition coefficient (Wildman–Crippen LogP) is 4.93. The van der Waals surface area contributed by atoms with Crippen molar-refractivity contribution in [1.82, 2.24) is 10.2 Å². The number of amides is 1. The molecule has 4 rings (SSSR count). The number of likely N-dealkylation sites (tertiary alicyclic amines) is 1. The van der Waals surface area contributed by atoms with Crippen molar-refractivity contribution in [3.63, 3.8) is 0 Å². The second-order valence-electron chi connectivity index (χ2n) is 8.45. The molecule has 178 valence electrons. The Morgan fingerprint density at radius 3 is 2.18 bits per heavy atom. The van der Waals surface area contributed by atoms with Crippen molar-refractivity contribution in [1.29, 1.82) is 0 Å². The van der Waals surface area contributed by atoms with Crippen LogP contribution in [0.1, 0.15) is 28.8 Å². The van der Waals surface area contributed by atoms with Gasteiger partial charge in [0.2, 0.25) is 0 Å². The number of ether oxygens (including phenoxy) is 1. The minimum absolute atomic E-state index is 0.0569. The van der Waals surface area contributed by atoms with Gasteiger partial charge in [-0.1, -0.05) is 23.7 Å². The van der Waals surface area contributed by atoms with E-state index < -0.39 is 0 Å². The lowest BCUT2D eigenvalue weighted by atomic mass is 10.0. The Hall–Kier alpha value is -3.06. The Bertz CT molecular complexity index is 1050. The normalized spacial score (nSPS) is 14.5. The summed E-state index contributed by atoms with van der Waals surface area (Å²) in [5.74, 6) is 1.40. The number of carbonyl (C=O) groups excluding carboxylic acids is 1. The monoisotopic (exact) mass is 479 g/mol. The minimum Gasteiger partial charge on any atom is -0.457 e. The second kappa shape index (κ2) is 11.9. The van der Waals surface area contributed by atoms with Crippen LogP contribution < -0.4 is 15.4 Å². The molecule has 1 heterocycles. The zero-order valence-corrected chi connectivity index (χ0v) is 19.8. The van der Waals surface area contributed by atoms with E-state index in [1.807, 2.05) is 60.7 Å².